The number of nitrogens with one attached hydrogen (secondary N) is 2. The number of H-pyrrole nitrogens is 1. The Balaban J connectivity index is 1.56. The quantitative estimate of drug-likeness (QED) is 0.358. The van der Waals surface area contributed by atoms with E-state index in [1.54, 1.807) is 42.5 Å². The van der Waals surface area contributed by atoms with Crippen LogP contribution in [0.3, 0.4) is 0 Å². The molecule has 2 heterocycles. The molecule has 8 nitrogen and oxygen atoms in total. The molecule has 10 heteroatoms. The Morgan fingerprint density at radius 2 is 1.82 bits per heavy atom. The van der Waals surface area contributed by atoms with E-state index in [4.69, 9.17) is 5.11 Å². The Morgan fingerprint density at radius 1 is 1.09 bits per heavy atom. The summed E-state index contributed by atoms with van der Waals surface area (Å²) in [6.45, 7) is -0.0141. The third-order valence-electron chi connectivity index (χ3n) is 5.83. The predicted molar refractivity (Wildman–Crippen MR) is 118 cm³/mol. The highest BCUT2D eigenvalue weighted by Crippen LogP contribution is 2.42. The smallest absolute Gasteiger partial charge is 0.411 e. The van der Waals surface area contributed by atoms with E-state index in [9.17, 15) is 23.5 Å². The van der Waals surface area contributed by atoms with Gasteiger partial charge in [-0.2, -0.15) is 0 Å². The Labute approximate surface area is 191 Å². The summed E-state index contributed by atoms with van der Waals surface area (Å²) in [6.07, 6.45) is -1.18. The van der Waals surface area contributed by atoms with E-state index in [-0.39, 0.29) is 18.9 Å². The first-order valence-corrected chi connectivity index (χ1v) is 10.3. The molecular weight excluding hydrogens is 446 g/mol. The van der Waals surface area contributed by atoms with Gasteiger partial charge in [-0.25, -0.2) is 18.6 Å². The molecule has 4 N–H and O–H groups in total. The van der Waals surface area contributed by atoms with Gasteiger partial charge in [0.1, 0.15) is 11.6 Å². The molecule has 172 valence electrons. The normalized spacial score (nSPS) is 17.3. The van der Waals surface area contributed by atoms with Crippen LogP contribution in [0.2, 0.25) is 0 Å². The SMILES string of the molecule is O=C(O)Nc1nc2ccc(C3(O)c4ccccc4C(=O)N3CCc3cc(F)cc(F)c3)cc2[nH]1. The topological polar surface area (TPSA) is 119 Å². The third-order valence-corrected chi connectivity index (χ3v) is 5.83. The fourth-order valence-electron chi connectivity index (χ4n) is 4.37. The summed E-state index contributed by atoms with van der Waals surface area (Å²) in [7, 11) is 0. The van der Waals surface area contributed by atoms with Gasteiger partial charge in [0.05, 0.1) is 11.0 Å². The Kier molecular flexibility index (Phi) is 5.02. The minimum absolute atomic E-state index is 0.0134. The lowest BCUT2D eigenvalue weighted by atomic mass is 9.93. The Morgan fingerprint density at radius 3 is 2.56 bits per heavy atom. The average molecular weight is 464 g/mol. The van der Waals surface area contributed by atoms with Gasteiger partial charge in [0.15, 0.2) is 5.72 Å². The molecule has 1 unspecified atom stereocenters. The van der Waals surface area contributed by atoms with Crippen LogP contribution in [-0.2, 0) is 12.1 Å². The van der Waals surface area contributed by atoms with E-state index >= 15 is 0 Å². The maximum atomic E-state index is 13.6. The number of hydrogen-bond donors (Lipinski definition) is 4. The van der Waals surface area contributed by atoms with Crippen LogP contribution in [0.5, 0.6) is 0 Å². The van der Waals surface area contributed by atoms with Gasteiger partial charge >= 0.3 is 6.09 Å². The second-order valence-corrected chi connectivity index (χ2v) is 7.95. The molecule has 1 atom stereocenters. The van der Waals surface area contributed by atoms with Gasteiger partial charge in [-0.3, -0.25) is 10.1 Å². The maximum Gasteiger partial charge on any atom is 0.411 e. The molecule has 0 spiro atoms. The number of nitrogens with zero attached hydrogens (tertiary/aromatic N) is 2. The molecule has 2 amide bonds. The second-order valence-electron chi connectivity index (χ2n) is 7.95. The lowest BCUT2D eigenvalue weighted by Gasteiger charge is -2.35. The molecule has 0 saturated carbocycles. The zero-order valence-corrected chi connectivity index (χ0v) is 17.5. The highest BCUT2D eigenvalue weighted by atomic mass is 19.1. The van der Waals surface area contributed by atoms with Crippen LogP contribution < -0.4 is 5.32 Å². The molecule has 1 aromatic heterocycles. The van der Waals surface area contributed by atoms with Crippen molar-refractivity contribution in [3.05, 3.63) is 94.6 Å². The average Bonchev–Trinajstić information content (AvgIpc) is 3.27. The van der Waals surface area contributed by atoms with Crippen molar-refractivity contribution < 1.29 is 28.6 Å². The molecular formula is C24H18F2N4O4. The van der Waals surface area contributed by atoms with Gasteiger partial charge in [-0.1, -0.05) is 24.3 Å². The lowest BCUT2D eigenvalue weighted by molar-refractivity contribution is -0.0493. The Bertz CT molecular complexity index is 1430. The minimum atomic E-state index is -1.86. The number of carbonyl (C=O) groups excluding carboxylic acids is 1. The summed E-state index contributed by atoms with van der Waals surface area (Å²) in [4.78, 5) is 32.4. The zero-order valence-electron chi connectivity index (χ0n) is 17.5. The number of aliphatic hydroxyl groups is 1. The summed E-state index contributed by atoms with van der Waals surface area (Å²) in [5, 5.41) is 23.0. The highest BCUT2D eigenvalue weighted by molar-refractivity contribution is 6.00. The summed E-state index contributed by atoms with van der Waals surface area (Å²) in [5.41, 5.74) is 0.404. The first-order valence-electron chi connectivity index (χ1n) is 10.3. The molecule has 5 rings (SSSR count). The number of hydrogen-bond acceptors (Lipinski definition) is 4. The van der Waals surface area contributed by atoms with Crippen molar-refractivity contribution in [2.75, 3.05) is 11.9 Å². The lowest BCUT2D eigenvalue weighted by Crippen LogP contribution is -2.45. The number of imidazole rings is 1. The fourth-order valence-corrected chi connectivity index (χ4v) is 4.37. The summed E-state index contributed by atoms with van der Waals surface area (Å²) < 4.78 is 27.3. The molecule has 0 radical (unpaired) electrons. The van der Waals surface area contributed by atoms with Crippen LogP contribution in [0, 0.1) is 11.6 Å². The molecule has 0 saturated heterocycles. The zero-order chi connectivity index (χ0) is 24.0. The number of rotatable bonds is 5. The van der Waals surface area contributed by atoms with E-state index in [0.29, 0.717) is 33.3 Å². The van der Waals surface area contributed by atoms with Gasteiger partial charge in [-0.15, -0.1) is 0 Å². The molecule has 4 aromatic rings. The standard InChI is InChI=1S/C24H18F2N4O4/c25-15-9-13(10-16(26)12-15)7-8-30-21(31)17-3-1-2-4-18(17)24(30,34)14-5-6-19-20(11-14)28-22(27-19)29-23(32)33/h1-6,9-12,34H,7-8H2,(H,32,33)(H2,27,28,29). The van der Waals surface area contributed by atoms with Crippen molar-refractivity contribution in [3.8, 4) is 0 Å². The number of carboxylic acid groups (broad SMARTS) is 1. The first kappa shape index (κ1) is 21.5. The van der Waals surface area contributed by atoms with Gasteiger partial charge in [0, 0.05) is 29.3 Å². The number of benzene rings is 3. The van der Waals surface area contributed by atoms with Crippen LogP contribution >= 0.6 is 0 Å². The van der Waals surface area contributed by atoms with Gasteiger partial charge in [-0.05, 0) is 42.3 Å². The van der Waals surface area contributed by atoms with Crippen LogP contribution in [0.4, 0.5) is 19.5 Å². The van der Waals surface area contributed by atoms with Crippen molar-refractivity contribution in [2.45, 2.75) is 12.1 Å². The molecule has 0 bridgehead atoms. The highest BCUT2D eigenvalue weighted by Gasteiger charge is 2.49. The maximum absolute atomic E-state index is 13.6. The van der Waals surface area contributed by atoms with E-state index in [2.05, 4.69) is 15.3 Å². The molecule has 3 aromatic carbocycles. The molecule has 34 heavy (non-hydrogen) atoms. The van der Waals surface area contributed by atoms with E-state index < -0.39 is 29.4 Å². The minimum Gasteiger partial charge on any atom is -0.465 e. The summed E-state index contributed by atoms with van der Waals surface area (Å²) >= 11 is 0. The summed E-state index contributed by atoms with van der Waals surface area (Å²) in [5.74, 6) is -1.86. The van der Waals surface area contributed by atoms with E-state index in [1.807, 2.05) is 0 Å². The van der Waals surface area contributed by atoms with Crippen molar-refractivity contribution in [1.82, 2.24) is 14.9 Å². The van der Waals surface area contributed by atoms with Gasteiger partial charge in [0.2, 0.25) is 5.95 Å². The number of fused-ring (bicyclic) bond motifs is 2. The van der Waals surface area contributed by atoms with Crippen LogP contribution in [0.15, 0.2) is 60.7 Å². The van der Waals surface area contributed by atoms with Crippen molar-refractivity contribution in [2.24, 2.45) is 0 Å². The molecule has 1 aliphatic heterocycles. The molecule has 1 aliphatic rings. The molecule has 0 aliphatic carbocycles. The first-order chi connectivity index (χ1) is 16.3. The van der Waals surface area contributed by atoms with Gasteiger partial charge < -0.3 is 20.1 Å². The Hall–Kier alpha value is -4.31. The van der Waals surface area contributed by atoms with Gasteiger partial charge in [0.25, 0.3) is 5.91 Å². The molecule has 0 fully saturated rings. The largest absolute Gasteiger partial charge is 0.465 e. The number of aromatic amines is 1. The van der Waals surface area contributed by atoms with Crippen molar-refractivity contribution in [1.29, 1.82) is 0 Å². The van der Waals surface area contributed by atoms with E-state index in [0.717, 1.165) is 6.07 Å². The number of anilines is 1. The summed E-state index contributed by atoms with van der Waals surface area (Å²) in [6, 6.07) is 14.5. The van der Waals surface area contributed by atoms with Crippen LogP contribution in [0.25, 0.3) is 11.0 Å². The van der Waals surface area contributed by atoms with Crippen molar-refractivity contribution in [3.63, 3.8) is 0 Å². The third kappa shape index (κ3) is 3.54. The second kappa shape index (κ2) is 7.92. The number of amides is 2. The van der Waals surface area contributed by atoms with Crippen LogP contribution in [0.1, 0.15) is 27.0 Å². The predicted octanol–water partition coefficient (Wildman–Crippen LogP) is 3.82. The number of aromatic nitrogens is 2. The number of halogens is 2. The van der Waals surface area contributed by atoms with E-state index in [1.165, 1.54) is 17.0 Å². The monoisotopic (exact) mass is 464 g/mol. The fraction of sp³-hybridized carbons (Fsp3) is 0.125. The number of carbonyl (C=O) groups is 2. The van der Waals surface area contributed by atoms with Crippen molar-refractivity contribution >= 4 is 29.0 Å². The van der Waals surface area contributed by atoms with Crippen LogP contribution in [-0.4, -0.2) is 43.6 Å².